The number of hydrogen-bond donors (Lipinski definition) is 3. The number of benzene rings is 2. The normalized spacial score (nSPS) is 10.4. The first-order chi connectivity index (χ1) is 12.1. The van der Waals surface area contributed by atoms with Gasteiger partial charge in [-0.1, -0.05) is 18.2 Å². The first kappa shape index (κ1) is 17.9. The van der Waals surface area contributed by atoms with E-state index >= 15 is 0 Å². The molecule has 0 radical (unpaired) electrons. The van der Waals surface area contributed by atoms with Crippen LogP contribution in [0.15, 0.2) is 48.5 Å². The second-order valence-electron chi connectivity index (χ2n) is 5.21. The molecule has 0 aromatic heterocycles. The molecular weight excluding hydrogens is 320 g/mol. The second-order valence-corrected chi connectivity index (χ2v) is 5.21. The van der Waals surface area contributed by atoms with Gasteiger partial charge in [-0.25, -0.2) is 0 Å². The van der Waals surface area contributed by atoms with Gasteiger partial charge in [0.15, 0.2) is 18.1 Å². The minimum Gasteiger partial charge on any atom is -0.508 e. The monoisotopic (exact) mass is 338 g/mol. The van der Waals surface area contributed by atoms with Crippen molar-refractivity contribution in [2.24, 2.45) is 0 Å². The fraction of sp³-hybridized carbons (Fsp3) is 0.158. The van der Waals surface area contributed by atoms with Gasteiger partial charge in [0, 0.05) is 12.6 Å². The molecule has 2 rings (SSSR count). The predicted octanol–water partition coefficient (Wildman–Crippen LogP) is 2.37. The Morgan fingerprint density at radius 1 is 1.20 bits per heavy atom. The quantitative estimate of drug-likeness (QED) is 0.673. The highest BCUT2D eigenvalue weighted by molar-refractivity contribution is 5.91. The number of phenolic OH excluding ortho intramolecular Hbond substituents is 2. The smallest absolute Gasteiger partial charge is 0.244 e. The van der Waals surface area contributed by atoms with Crippen LogP contribution in [0, 0.1) is 11.3 Å². The number of nitrogens with zero attached hydrogens (tertiary/aromatic N) is 1. The van der Waals surface area contributed by atoms with Crippen molar-refractivity contribution in [3.63, 3.8) is 0 Å². The molecule has 6 heteroatoms. The van der Waals surface area contributed by atoms with Crippen LogP contribution in [-0.4, -0.2) is 29.3 Å². The van der Waals surface area contributed by atoms with Gasteiger partial charge < -0.3 is 20.3 Å². The van der Waals surface area contributed by atoms with Gasteiger partial charge in [0.05, 0.1) is 0 Å². The zero-order valence-electron chi connectivity index (χ0n) is 13.5. The maximum absolute atomic E-state index is 11.8. The number of nitrogens with one attached hydrogen (secondary N) is 1. The average molecular weight is 338 g/mol. The zero-order valence-corrected chi connectivity index (χ0v) is 13.5. The molecule has 0 aliphatic carbocycles. The molecule has 128 valence electrons. The van der Waals surface area contributed by atoms with Crippen molar-refractivity contribution in [1.29, 1.82) is 5.26 Å². The summed E-state index contributed by atoms with van der Waals surface area (Å²) < 4.78 is 5.04. The number of rotatable bonds is 7. The van der Waals surface area contributed by atoms with Crippen LogP contribution in [0.4, 0.5) is 0 Å². The van der Waals surface area contributed by atoms with Crippen molar-refractivity contribution in [2.75, 3.05) is 13.2 Å². The Kier molecular flexibility index (Phi) is 6.43. The molecule has 0 aliphatic heterocycles. The van der Waals surface area contributed by atoms with Crippen molar-refractivity contribution in [1.82, 2.24) is 5.32 Å². The van der Waals surface area contributed by atoms with Crippen molar-refractivity contribution < 1.29 is 19.7 Å². The van der Waals surface area contributed by atoms with E-state index in [1.807, 2.05) is 6.07 Å². The molecule has 2 aromatic rings. The highest BCUT2D eigenvalue weighted by Gasteiger charge is 2.03. The van der Waals surface area contributed by atoms with Crippen molar-refractivity contribution in [3.8, 4) is 23.3 Å². The number of aromatic hydroxyl groups is 2. The third-order valence-corrected chi connectivity index (χ3v) is 3.35. The minimum atomic E-state index is -0.247. The summed E-state index contributed by atoms with van der Waals surface area (Å²) in [6, 6.07) is 13.3. The summed E-state index contributed by atoms with van der Waals surface area (Å²) in [5.74, 6) is 0.0910. The number of nitriles is 1. The van der Waals surface area contributed by atoms with Crippen LogP contribution in [0.2, 0.25) is 0 Å². The Labute approximate surface area is 145 Å². The van der Waals surface area contributed by atoms with E-state index in [0.29, 0.717) is 18.5 Å². The zero-order chi connectivity index (χ0) is 18.1. The van der Waals surface area contributed by atoms with E-state index in [1.54, 1.807) is 36.4 Å². The summed E-state index contributed by atoms with van der Waals surface area (Å²) in [5, 5.41) is 30.2. The van der Waals surface area contributed by atoms with E-state index in [2.05, 4.69) is 5.32 Å². The number of carbonyl (C=O) groups excluding carboxylic acids is 1. The van der Waals surface area contributed by atoms with Crippen LogP contribution in [0.1, 0.15) is 11.1 Å². The third-order valence-electron chi connectivity index (χ3n) is 3.35. The third kappa shape index (κ3) is 5.92. The summed E-state index contributed by atoms with van der Waals surface area (Å²) in [4.78, 5) is 11.8. The minimum absolute atomic E-state index is 0.0925. The van der Waals surface area contributed by atoms with Crippen molar-refractivity contribution in [3.05, 3.63) is 59.7 Å². The SMILES string of the molecule is N#CCOc1ccc(/C=C/C(=O)NCCc2ccc(O)cc2)cc1O. The lowest BCUT2D eigenvalue weighted by Gasteiger charge is -2.05. The lowest BCUT2D eigenvalue weighted by molar-refractivity contribution is -0.116. The molecule has 1 amide bonds. The fourth-order valence-electron chi connectivity index (χ4n) is 2.09. The summed E-state index contributed by atoms with van der Waals surface area (Å²) in [7, 11) is 0. The van der Waals surface area contributed by atoms with Gasteiger partial charge in [-0.3, -0.25) is 4.79 Å². The second kappa shape index (κ2) is 8.99. The average Bonchev–Trinajstić information content (AvgIpc) is 2.61. The van der Waals surface area contributed by atoms with E-state index in [4.69, 9.17) is 10.00 Å². The molecule has 0 atom stereocenters. The van der Waals surface area contributed by atoms with Crippen LogP contribution in [0.5, 0.6) is 17.2 Å². The summed E-state index contributed by atoms with van der Waals surface area (Å²) in [6.07, 6.45) is 3.61. The first-order valence-electron chi connectivity index (χ1n) is 7.65. The van der Waals surface area contributed by atoms with Crippen LogP contribution >= 0.6 is 0 Å². The molecule has 2 aromatic carbocycles. The van der Waals surface area contributed by atoms with Crippen LogP contribution in [-0.2, 0) is 11.2 Å². The number of amides is 1. The van der Waals surface area contributed by atoms with E-state index < -0.39 is 0 Å². The Bertz CT molecular complexity index is 792. The standard InChI is InChI=1S/C19H18N2O4/c20-10-12-25-18-7-3-15(13-17(18)23)4-8-19(24)21-11-9-14-1-5-16(22)6-2-14/h1-8,13,22-23H,9,11-12H2,(H,21,24)/b8-4+. The molecule has 0 unspecified atom stereocenters. The number of carbonyl (C=O) groups is 1. The summed E-state index contributed by atoms with van der Waals surface area (Å²) in [5.41, 5.74) is 1.65. The molecule has 0 saturated heterocycles. The van der Waals surface area contributed by atoms with E-state index in [9.17, 15) is 15.0 Å². The van der Waals surface area contributed by atoms with Crippen molar-refractivity contribution in [2.45, 2.75) is 6.42 Å². The molecule has 0 fully saturated rings. The van der Waals surface area contributed by atoms with Crippen LogP contribution in [0.3, 0.4) is 0 Å². The molecule has 3 N–H and O–H groups in total. The Morgan fingerprint density at radius 2 is 1.96 bits per heavy atom. The molecular formula is C19H18N2O4. The van der Waals surface area contributed by atoms with Gasteiger partial charge in [0.2, 0.25) is 5.91 Å². The van der Waals surface area contributed by atoms with E-state index in [0.717, 1.165) is 5.56 Å². The number of phenols is 2. The molecule has 25 heavy (non-hydrogen) atoms. The van der Waals surface area contributed by atoms with Crippen LogP contribution in [0.25, 0.3) is 6.08 Å². The molecule has 0 saturated carbocycles. The number of hydrogen-bond acceptors (Lipinski definition) is 5. The molecule has 0 aliphatic rings. The Hall–Kier alpha value is -3.46. The van der Waals surface area contributed by atoms with Gasteiger partial charge in [0.25, 0.3) is 0 Å². The summed E-state index contributed by atoms with van der Waals surface area (Å²) in [6.45, 7) is 0.326. The largest absolute Gasteiger partial charge is 0.508 e. The lowest BCUT2D eigenvalue weighted by atomic mass is 10.1. The Balaban J connectivity index is 1.82. The van der Waals surface area contributed by atoms with Crippen LogP contribution < -0.4 is 10.1 Å². The highest BCUT2D eigenvalue weighted by Crippen LogP contribution is 2.27. The first-order valence-corrected chi connectivity index (χ1v) is 7.65. The molecule has 0 heterocycles. The highest BCUT2D eigenvalue weighted by atomic mass is 16.5. The number of ether oxygens (including phenoxy) is 1. The molecule has 6 nitrogen and oxygen atoms in total. The Morgan fingerprint density at radius 3 is 2.64 bits per heavy atom. The molecule has 0 spiro atoms. The maximum atomic E-state index is 11.8. The van der Waals surface area contributed by atoms with Gasteiger partial charge >= 0.3 is 0 Å². The van der Waals surface area contributed by atoms with Gasteiger partial charge in [-0.05, 0) is 47.9 Å². The van der Waals surface area contributed by atoms with Gasteiger partial charge in [-0.15, -0.1) is 0 Å². The van der Waals surface area contributed by atoms with E-state index in [1.165, 1.54) is 18.2 Å². The summed E-state index contributed by atoms with van der Waals surface area (Å²) >= 11 is 0. The van der Waals surface area contributed by atoms with Gasteiger partial charge in [0.1, 0.15) is 11.8 Å². The predicted molar refractivity (Wildman–Crippen MR) is 93.1 cm³/mol. The maximum Gasteiger partial charge on any atom is 0.244 e. The lowest BCUT2D eigenvalue weighted by Crippen LogP contribution is -2.23. The fourth-order valence-corrected chi connectivity index (χ4v) is 2.09. The topological polar surface area (TPSA) is 103 Å². The molecule has 0 bridgehead atoms. The van der Waals surface area contributed by atoms with Gasteiger partial charge in [-0.2, -0.15) is 5.26 Å². The van der Waals surface area contributed by atoms with Crippen molar-refractivity contribution >= 4 is 12.0 Å². The van der Waals surface area contributed by atoms with E-state index in [-0.39, 0.29) is 29.8 Å².